The molecule has 2 bridgehead atoms. The lowest BCUT2D eigenvalue weighted by atomic mass is 9.80. The van der Waals surface area contributed by atoms with Crippen LogP contribution in [0.15, 0.2) is 42.6 Å². The van der Waals surface area contributed by atoms with Crippen molar-refractivity contribution in [1.82, 2.24) is 14.5 Å². The molecule has 0 spiro atoms. The zero-order chi connectivity index (χ0) is 26.5. The Labute approximate surface area is 222 Å². The van der Waals surface area contributed by atoms with E-state index in [0.717, 1.165) is 60.1 Å². The van der Waals surface area contributed by atoms with Crippen molar-refractivity contribution in [1.29, 1.82) is 0 Å². The second-order valence-corrected chi connectivity index (χ2v) is 11.7. The van der Waals surface area contributed by atoms with Crippen LogP contribution in [-0.4, -0.2) is 49.9 Å². The molecule has 6 rings (SSSR count). The summed E-state index contributed by atoms with van der Waals surface area (Å²) >= 11 is 0. The topological polar surface area (TPSA) is 93.9 Å². The first-order chi connectivity index (χ1) is 18.2. The van der Waals surface area contributed by atoms with Crippen LogP contribution in [0.2, 0.25) is 0 Å². The minimum atomic E-state index is -1.21. The molecule has 8 nitrogen and oxygen atoms in total. The minimum absolute atomic E-state index is 0.103. The van der Waals surface area contributed by atoms with Crippen molar-refractivity contribution in [3.05, 3.63) is 59.4 Å². The van der Waals surface area contributed by atoms with E-state index in [4.69, 9.17) is 14.5 Å². The van der Waals surface area contributed by atoms with Gasteiger partial charge in [-0.15, -0.1) is 0 Å². The van der Waals surface area contributed by atoms with Crippen LogP contribution in [0.1, 0.15) is 69.2 Å². The van der Waals surface area contributed by atoms with E-state index in [1.54, 1.807) is 0 Å². The van der Waals surface area contributed by atoms with Gasteiger partial charge in [-0.25, -0.2) is 9.78 Å². The van der Waals surface area contributed by atoms with Gasteiger partial charge in [0.15, 0.2) is 0 Å². The molecule has 1 aromatic carbocycles. The SMILES string of the molecule is CC(C)Oc1cccc(Cn2c3c(c4cccnc42)CCN(C(=O)CC24CCC(OC(=O)O)(CC2)C4)C3)c1. The molecule has 2 saturated carbocycles. The number of rotatable bonds is 7. The predicted octanol–water partition coefficient (Wildman–Crippen LogP) is 5.54. The normalized spacial score (nSPS) is 24.1. The fourth-order valence-electron chi connectivity index (χ4n) is 7.08. The Balaban J connectivity index is 1.24. The van der Waals surface area contributed by atoms with Gasteiger partial charge in [-0.1, -0.05) is 12.1 Å². The maximum absolute atomic E-state index is 13.6. The third kappa shape index (κ3) is 4.50. The average molecular weight is 518 g/mol. The predicted molar refractivity (Wildman–Crippen MR) is 142 cm³/mol. The summed E-state index contributed by atoms with van der Waals surface area (Å²) in [6.45, 7) is 5.94. The van der Waals surface area contributed by atoms with E-state index < -0.39 is 11.8 Å². The number of hydrogen-bond donors (Lipinski definition) is 1. The number of carboxylic acid groups (broad SMARTS) is 1. The first kappa shape index (κ1) is 24.8. The van der Waals surface area contributed by atoms with Crippen LogP contribution in [-0.2, 0) is 29.0 Å². The van der Waals surface area contributed by atoms with Gasteiger partial charge in [0.2, 0.25) is 5.91 Å². The van der Waals surface area contributed by atoms with Gasteiger partial charge in [-0.3, -0.25) is 4.79 Å². The number of nitrogens with zero attached hydrogens (tertiary/aromatic N) is 3. The number of amides is 1. The zero-order valence-electron chi connectivity index (χ0n) is 22.1. The molecule has 3 aromatic rings. The zero-order valence-corrected chi connectivity index (χ0v) is 22.1. The first-order valence-corrected chi connectivity index (χ1v) is 13.7. The van der Waals surface area contributed by atoms with Crippen molar-refractivity contribution in [2.24, 2.45) is 5.41 Å². The summed E-state index contributed by atoms with van der Waals surface area (Å²) in [5.74, 6) is 1.00. The number of benzene rings is 1. The van der Waals surface area contributed by atoms with E-state index in [2.05, 4.69) is 22.8 Å². The maximum atomic E-state index is 13.6. The lowest BCUT2D eigenvalue weighted by molar-refractivity contribution is -0.134. The van der Waals surface area contributed by atoms with Gasteiger partial charge in [-0.05, 0) is 93.2 Å². The van der Waals surface area contributed by atoms with E-state index in [1.165, 1.54) is 5.56 Å². The molecule has 200 valence electrons. The summed E-state index contributed by atoms with van der Waals surface area (Å²) in [7, 11) is 0. The fourth-order valence-corrected chi connectivity index (χ4v) is 7.08. The van der Waals surface area contributed by atoms with Gasteiger partial charge < -0.3 is 24.0 Å². The first-order valence-electron chi connectivity index (χ1n) is 13.7. The molecule has 2 aliphatic carbocycles. The summed E-state index contributed by atoms with van der Waals surface area (Å²) < 4.78 is 13.5. The number of fused-ring (bicyclic) bond motifs is 5. The molecule has 0 saturated heterocycles. The quantitative estimate of drug-likeness (QED) is 0.414. The lowest BCUT2D eigenvalue weighted by Crippen LogP contribution is -2.39. The number of pyridine rings is 1. The van der Waals surface area contributed by atoms with E-state index >= 15 is 0 Å². The van der Waals surface area contributed by atoms with Crippen molar-refractivity contribution in [2.45, 2.75) is 83.6 Å². The van der Waals surface area contributed by atoms with Crippen LogP contribution in [0.5, 0.6) is 5.75 Å². The standard InChI is InChI=1S/C30H35N3O5/c1-20(2)37-22-6-3-5-21(15-22)17-33-25-18-32(14-8-23(25)24-7-4-13-31-27(24)33)26(34)16-29-9-11-30(19-29,12-10-29)38-28(35)36/h3-7,13,15,20H,8-12,14,16-19H2,1-2H3,(H,35,36). The van der Waals surface area contributed by atoms with Crippen LogP contribution in [0.25, 0.3) is 11.0 Å². The van der Waals surface area contributed by atoms with Crippen molar-refractivity contribution in [3.63, 3.8) is 0 Å². The third-order valence-corrected chi connectivity index (χ3v) is 8.73. The molecule has 3 heterocycles. The van der Waals surface area contributed by atoms with Crippen LogP contribution < -0.4 is 4.74 Å². The monoisotopic (exact) mass is 517 g/mol. The molecule has 1 aliphatic heterocycles. The van der Waals surface area contributed by atoms with Gasteiger partial charge in [0, 0.05) is 36.8 Å². The largest absolute Gasteiger partial charge is 0.506 e. The van der Waals surface area contributed by atoms with E-state index in [9.17, 15) is 14.7 Å². The van der Waals surface area contributed by atoms with Gasteiger partial charge in [0.1, 0.15) is 17.0 Å². The molecule has 0 unspecified atom stereocenters. The Morgan fingerprint density at radius 3 is 2.71 bits per heavy atom. The average Bonchev–Trinajstić information content (AvgIpc) is 3.51. The molecule has 3 aliphatic rings. The Morgan fingerprint density at radius 1 is 1.13 bits per heavy atom. The van der Waals surface area contributed by atoms with Gasteiger partial charge in [0.25, 0.3) is 0 Å². The Bertz CT molecular complexity index is 1390. The van der Waals surface area contributed by atoms with E-state index in [1.807, 2.05) is 43.1 Å². The maximum Gasteiger partial charge on any atom is 0.506 e. The number of carbonyl (C=O) groups is 2. The van der Waals surface area contributed by atoms with Crippen LogP contribution in [0.3, 0.4) is 0 Å². The molecule has 2 fully saturated rings. The molecule has 1 amide bonds. The molecule has 0 atom stereocenters. The molecule has 38 heavy (non-hydrogen) atoms. The number of ether oxygens (including phenoxy) is 2. The highest BCUT2D eigenvalue weighted by Gasteiger charge is 2.57. The lowest BCUT2D eigenvalue weighted by Gasteiger charge is -2.32. The van der Waals surface area contributed by atoms with E-state index in [0.29, 0.717) is 32.5 Å². The van der Waals surface area contributed by atoms with Crippen LogP contribution in [0, 0.1) is 5.41 Å². The molecular weight excluding hydrogens is 482 g/mol. The van der Waals surface area contributed by atoms with Crippen molar-refractivity contribution < 1.29 is 24.2 Å². The van der Waals surface area contributed by atoms with Gasteiger partial charge in [0.05, 0.1) is 12.6 Å². The number of carbonyl (C=O) groups excluding carboxylic acids is 1. The molecule has 2 aromatic heterocycles. The van der Waals surface area contributed by atoms with Crippen LogP contribution >= 0.6 is 0 Å². The minimum Gasteiger partial charge on any atom is -0.491 e. The van der Waals surface area contributed by atoms with E-state index in [-0.39, 0.29) is 17.4 Å². The number of aromatic nitrogens is 2. The summed E-state index contributed by atoms with van der Waals surface area (Å²) in [4.78, 5) is 31.6. The highest BCUT2D eigenvalue weighted by atomic mass is 16.7. The highest BCUT2D eigenvalue weighted by Crippen LogP contribution is 2.60. The van der Waals surface area contributed by atoms with Gasteiger partial charge in [-0.2, -0.15) is 0 Å². The van der Waals surface area contributed by atoms with Crippen molar-refractivity contribution in [3.8, 4) is 5.75 Å². The summed E-state index contributed by atoms with van der Waals surface area (Å²) in [6.07, 6.45) is 5.78. The van der Waals surface area contributed by atoms with Gasteiger partial charge >= 0.3 is 6.16 Å². The van der Waals surface area contributed by atoms with Crippen molar-refractivity contribution >= 4 is 23.1 Å². The second-order valence-electron chi connectivity index (χ2n) is 11.7. The van der Waals surface area contributed by atoms with Crippen molar-refractivity contribution in [2.75, 3.05) is 6.54 Å². The Hall–Kier alpha value is -3.55. The second kappa shape index (κ2) is 9.33. The fraction of sp³-hybridized carbons (Fsp3) is 0.500. The van der Waals surface area contributed by atoms with Crippen LogP contribution in [0.4, 0.5) is 4.79 Å². The number of hydrogen-bond acceptors (Lipinski definition) is 5. The summed E-state index contributed by atoms with van der Waals surface area (Å²) in [6, 6.07) is 12.3. The molecule has 1 N–H and O–H groups in total. The third-order valence-electron chi connectivity index (χ3n) is 8.73. The molecule has 8 heteroatoms. The molecule has 0 radical (unpaired) electrons. The Morgan fingerprint density at radius 2 is 1.95 bits per heavy atom. The summed E-state index contributed by atoms with van der Waals surface area (Å²) in [5.41, 5.74) is 3.77. The smallest absolute Gasteiger partial charge is 0.491 e. The Kier molecular flexibility index (Phi) is 6.08. The summed E-state index contributed by atoms with van der Waals surface area (Å²) in [5, 5.41) is 10.3. The highest BCUT2D eigenvalue weighted by molar-refractivity contribution is 5.84. The molecular formula is C30H35N3O5.